The number of aryl methyl sites for hydroxylation is 4. The third-order valence-corrected chi connectivity index (χ3v) is 20.7. The zero-order valence-corrected chi connectivity index (χ0v) is 43.3. The minimum absolute atomic E-state index is 0.0135. The van der Waals surface area contributed by atoms with Gasteiger partial charge in [0.1, 0.15) is 57.1 Å². The highest BCUT2D eigenvalue weighted by Crippen LogP contribution is 2.59. The lowest BCUT2D eigenvalue weighted by atomic mass is 10.0. The maximum atomic E-state index is 14.1. The molecule has 0 fully saturated rings. The molecule has 12 rings (SSSR count). The molecule has 0 spiro atoms. The van der Waals surface area contributed by atoms with E-state index in [-0.39, 0.29) is 50.4 Å². The Morgan fingerprint density at radius 2 is 0.811 bits per heavy atom. The third-order valence-electron chi connectivity index (χ3n) is 13.2. The van der Waals surface area contributed by atoms with Gasteiger partial charge < -0.3 is 44.2 Å². The van der Waals surface area contributed by atoms with Crippen molar-refractivity contribution in [2.45, 2.75) is 34.6 Å². The second-order valence-electron chi connectivity index (χ2n) is 18.3. The summed E-state index contributed by atoms with van der Waals surface area (Å²) < 4.78 is 59.7. The van der Waals surface area contributed by atoms with Gasteiger partial charge in [-0.3, -0.25) is 13.7 Å². The molecule has 15 heteroatoms. The van der Waals surface area contributed by atoms with Crippen LogP contribution in [0.3, 0.4) is 0 Å². The summed E-state index contributed by atoms with van der Waals surface area (Å²) in [6.07, 6.45) is 0. The van der Waals surface area contributed by atoms with Crippen LogP contribution in [0.15, 0.2) is 170 Å². The van der Waals surface area contributed by atoms with E-state index in [0.29, 0.717) is 49.9 Å². The van der Waals surface area contributed by atoms with Crippen molar-refractivity contribution in [1.29, 1.82) is 0 Å². The molecule has 0 aromatic heterocycles. The quantitative estimate of drug-likeness (QED) is 0.0724. The van der Waals surface area contributed by atoms with Crippen LogP contribution in [0, 0.1) is 34.6 Å². The molecule has 9 aromatic carbocycles. The normalized spacial score (nSPS) is 18.2. The first kappa shape index (κ1) is 49.4. The molecule has 0 radical (unpaired) electrons. The summed E-state index contributed by atoms with van der Waals surface area (Å²) >= 11 is 0. The topological polar surface area (TPSA) is 200 Å². The molecule has 0 saturated heterocycles. The van der Waals surface area contributed by atoms with E-state index in [1.165, 1.54) is 36.4 Å². The van der Waals surface area contributed by atoms with Crippen LogP contribution in [0.4, 0.5) is 0 Å². The molecule has 3 unspecified atom stereocenters. The van der Waals surface area contributed by atoms with Crippen molar-refractivity contribution in [3.8, 4) is 85.1 Å². The van der Waals surface area contributed by atoms with Gasteiger partial charge in [0, 0.05) is 22.3 Å². The molecule has 372 valence electrons. The number of hydrogen-bond donors (Lipinski definition) is 6. The Morgan fingerprint density at radius 3 is 1.45 bits per heavy atom. The van der Waals surface area contributed by atoms with Crippen LogP contribution in [0.1, 0.15) is 27.8 Å². The van der Waals surface area contributed by atoms with Crippen LogP contribution in [-0.2, 0) is 13.7 Å². The molecule has 12 nitrogen and oxygen atoms in total. The molecule has 0 aliphatic carbocycles. The number of benzene rings is 9. The fourth-order valence-electron chi connectivity index (χ4n) is 9.53. The lowest BCUT2D eigenvalue weighted by Crippen LogP contribution is -2.27. The zero-order chi connectivity index (χ0) is 52.4. The monoisotopic (exact) mass is 1040 g/mol. The van der Waals surface area contributed by atoms with Gasteiger partial charge in [0.15, 0.2) is 0 Å². The Labute approximate surface area is 427 Å². The van der Waals surface area contributed by atoms with E-state index in [0.717, 1.165) is 44.5 Å². The van der Waals surface area contributed by atoms with Crippen molar-refractivity contribution >= 4 is 53.9 Å². The molecular formula is C59H49O12P3. The van der Waals surface area contributed by atoms with E-state index in [1.54, 1.807) is 63.2 Å². The summed E-state index contributed by atoms with van der Waals surface area (Å²) in [6.45, 7) is 8.85. The molecule has 6 N–H and O–H groups in total. The Bertz CT molecular complexity index is 3900. The predicted molar refractivity (Wildman–Crippen MR) is 291 cm³/mol. The minimum Gasteiger partial charge on any atom is -0.508 e. The SMILES string of the molecule is Cc1cc(O)c(C)c(P2(=O)Oc3ccccc3-c3ccccc32)c1O.Cc1cc(O)cc(P2(=O)Oc3ccccc3-c3ccccc32)c1O.Cc1ccc2c(c1)-c1ccc(C)cc1P(=O)(c1cc(O)ccc1O)O2. The fourth-order valence-corrected chi connectivity index (χ4v) is 17.1. The van der Waals surface area contributed by atoms with E-state index in [2.05, 4.69) is 0 Å². The Hall–Kier alpha value is -8.13. The summed E-state index contributed by atoms with van der Waals surface area (Å²) in [7, 11) is -10.8. The molecule has 0 amide bonds. The number of hydrogen-bond acceptors (Lipinski definition) is 12. The smallest absolute Gasteiger partial charge is 0.311 e. The highest BCUT2D eigenvalue weighted by Gasteiger charge is 2.44. The standard InChI is InChI=1S/2C20H17O4P.C19H15O4P/c1-12-4-8-18-16(9-12)15-6-3-13(2)10-19(15)25(23,24-18)20-11-14(21)5-7-17(20)22;1-12-11-16(21)13(2)20(19(12)22)25(23)18-10-6-4-8-15(18)14-7-3-5-9-17(14)24-25;1-12-10-13(20)11-18(19(12)21)24(22)17-9-5-3-7-15(17)14-6-2-4-8-16(14)23-24/h2*3-11,21-22H,1-2H3;2-11,20-21H,1H3. The predicted octanol–water partition coefficient (Wildman–Crippen LogP) is 11.7. The summed E-state index contributed by atoms with van der Waals surface area (Å²) in [5, 5.41) is 63.3. The number of fused-ring (bicyclic) bond motifs is 9. The minimum atomic E-state index is -3.63. The number of phenols is 6. The van der Waals surface area contributed by atoms with Gasteiger partial charge in [-0.25, -0.2) is 0 Å². The molecular weight excluding hydrogens is 994 g/mol. The molecule has 3 heterocycles. The van der Waals surface area contributed by atoms with Crippen LogP contribution in [0.25, 0.3) is 33.4 Å². The first-order valence-electron chi connectivity index (χ1n) is 23.4. The van der Waals surface area contributed by atoms with Crippen molar-refractivity contribution in [2.24, 2.45) is 0 Å². The first-order valence-corrected chi connectivity index (χ1v) is 28.3. The lowest BCUT2D eigenvalue weighted by molar-refractivity contribution is 0.453. The number of aromatic hydroxyl groups is 6. The lowest BCUT2D eigenvalue weighted by Gasteiger charge is -2.30. The highest BCUT2D eigenvalue weighted by atomic mass is 31.2. The highest BCUT2D eigenvalue weighted by molar-refractivity contribution is 7.76. The zero-order valence-electron chi connectivity index (χ0n) is 40.6. The molecule has 9 aromatic rings. The Kier molecular flexibility index (Phi) is 12.5. The van der Waals surface area contributed by atoms with Gasteiger partial charge in [-0.2, -0.15) is 0 Å². The molecule has 3 atom stereocenters. The van der Waals surface area contributed by atoms with Crippen LogP contribution in [-0.4, -0.2) is 30.6 Å². The number of rotatable bonds is 3. The molecule has 0 saturated carbocycles. The van der Waals surface area contributed by atoms with E-state index in [1.807, 2.05) is 105 Å². The Balaban J connectivity index is 0.000000127. The van der Waals surface area contributed by atoms with Crippen LogP contribution >= 0.6 is 22.1 Å². The molecule has 3 aliphatic heterocycles. The van der Waals surface area contributed by atoms with Crippen LogP contribution in [0.2, 0.25) is 0 Å². The number of phenolic OH excluding ortho intramolecular Hbond substituents is 6. The van der Waals surface area contributed by atoms with Crippen molar-refractivity contribution in [3.63, 3.8) is 0 Å². The average molecular weight is 1040 g/mol. The van der Waals surface area contributed by atoms with E-state index < -0.39 is 22.1 Å². The van der Waals surface area contributed by atoms with Gasteiger partial charge in [0.05, 0.1) is 26.5 Å². The number of para-hydroxylation sites is 2. The van der Waals surface area contributed by atoms with Gasteiger partial charge >= 0.3 is 22.1 Å². The van der Waals surface area contributed by atoms with Crippen LogP contribution < -0.4 is 45.4 Å². The van der Waals surface area contributed by atoms with Crippen molar-refractivity contribution in [2.75, 3.05) is 0 Å². The first-order chi connectivity index (χ1) is 35.3. The summed E-state index contributed by atoms with van der Waals surface area (Å²) in [6, 6.07) is 49.0. The van der Waals surface area contributed by atoms with E-state index in [4.69, 9.17) is 13.6 Å². The fraction of sp³-hybridized carbons (Fsp3) is 0.0847. The van der Waals surface area contributed by atoms with Crippen molar-refractivity contribution in [3.05, 3.63) is 198 Å². The second-order valence-corrected chi connectivity index (χ2v) is 25.0. The van der Waals surface area contributed by atoms with Gasteiger partial charge in [-0.1, -0.05) is 102 Å². The van der Waals surface area contributed by atoms with Gasteiger partial charge in [-0.15, -0.1) is 0 Å². The summed E-state index contributed by atoms with van der Waals surface area (Å²) in [4.78, 5) is 0. The molecule has 3 aliphatic rings. The Morgan fingerprint density at radius 1 is 0.338 bits per heavy atom. The molecule has 74 heavy (non-hydrogen) atoms. The third kappa shape index (κ3) is 8.35. The molecule has 0 bridgehead atoms. The summed E-state index contributed by atoms with van der Waals surface area (Å²) in [5.41, 5.74) is 8.31. The van der Waals surface area contributed by atoms with Gasteiger partial charge in [-0.05, 0) is 141 Å². The van der Waals surface area contributed by atoms with Gasteiger partial charge in [0.25, 0.3) is 0 Å². The second kappa shape index (κ2) is 18.7. The van der Waals surface area contributed by atoms with Crippen molar-refractivity contribution in [1.82, 2.24) is 0 Å². The largest absolute Gasteiger partial charge is 0.508 e. The van der Waals surface area contributed by atoms with E-state index >= 15 is 0 Å². The van der Waals surface area contributed by atoms with Gasteiger partial charge in [0.2, 0.25) is 0 Å². The van der Waals surface area contributed by atoms with Crippen molar-refractivity contribution < 1.29 is 57.9 Å². The average Bonchev–Trinajstić information content (AvgIpc) is 3.38. The maximum Gasteiger partial charge on any atom is 0.311 e. The summed E-state index contributed by atoms with van der Waals surface area (Å²) in [5.74, 6) is 0.978. The maximum absolute atomic E-state index is 14.1. The van der Waals surface area contributed by atoms with E-state index in [9.17, 15) is 44.3 Å². The van der Waals surface area contributed by atoms with Crippen LogP contribution in [0.5, 0.6) is 51.7 Å².